The number of hydrogen-bond donors (Lipinski definition) is 0. The third-order valence-electron chi connectivity index (χ3n) is 2.58. The second-order valence-electron chi connectivity index (χ2n) is 3.78. The molecule has 1 amide bonds. The molecule has 80 valence electrons. The smallest absolute Gasteiger partial charge is 0.253 e. The van der Waals surface area contributed by atoms with Gasteiger partial charge in [-0.3, -0.25) is 4.79 Å². The highest BCUT2D eigenvalue weighted by Crippen LogP contribution is 2.27. The van der Waals surface area contributed by atoms with Gasteiger partial charge in [-0.1, -0.05) is 11.6 Å². The minimum atomic E-state index is 0.0899. The predicted molar refractivity (Wildman–Crippen MR) is 69.3 cm³/mol. The van der Waals surface area contributed by atoms with E-state index < -0.39 is 0 Å². The molecule has 0 bridgehead atoms. The van der Waals surface area contributed by atoms with Gasteiger partial charge in [0.25, 0.3) is 5.91 Å². The van der Waals surface area contributed by atoms with Crippen LogP contribution < -0.4 is 0 Å². The zero-order valence-electron chi connectivity index (χ0n) is 8.34. The standard InChI is InChI=1S/C11H11ClINO/c1-14(8-3-4-8)11(15)7-2-5-9(12)10(13)6-7/h2,5-6,8H,3-4H2,1H3. The molecule has 0 heterocycles. The number of carbonyl (C=O) groups excluding carboxylic acids is 1. The van der Waals surface area contributed by atoms with Gasteiger partial charge in [-0.05, 0) is 53.6 Å². The molecule has 1 aliphatic carbocycles. The zero-order valence-corrected chi connectivity index (χ0v) is 11.2. The van der Waals surface area contributed by atoms with Crippen LogP contribution in [0.4, 0.5) is 0 Å². The largest absolute Gasteiger partial charge is 0.339 e. The molecule has 1 aromatic rings. The van der Waals surface area contributed by atoms with Crippen LogP contribution in [0.2, 0.25) is 5.02 Å². The first-order chi connectivity index (χ1) is 7.09. The number of carbonyl (C=O) groups is 1. The zero-order chi connectivity index (χ0) is 11.0. The van der Waals surface area contributed by atoms with E-state index in [1.165, 1.54) is 0 Å². The van der Waals surface area contributed by atoms with Crippen molar-refractivity contribution in [1.82, 2.24) is 4.90 Å². The van der Waals surface area contributed by atoms with E-state index in [0.29, 0.717) is 11.1 Å². The molecule has 4 heteroatoms. The summed E-state index contributed by atoms with van der Waals surface area (Å²) in [6.07, 6.45) is 2.26. The van der Waals surface area contributed by atoms with Gasteiger partial charge in [0.15, 0.2) is 0 Å². The van der Waals surface area contributed by atoms with Crippen molar-refractivity contribution in [1.29, 1.82) is 0 Å². The maximum absolute atomic E-state index is 12.0. The summed E-state index contributed by atoms with van der Waals surface area (Å²) in [6.45, 7) is 0. The lowest BCUT2D eigenvalue weighted by molar-refractivity contribution is 0.0785. The molecule has 0 saturated heterocycles. The summed E-state index contributed by atoms with van der Waals surface area (Å²) in [5.41, 5.74) is 0.721. The van der Waals surface area contributed by atoms with Crippen LogP contribution in [0.3, 0.4) is 0 Å². The normalized spacial score (nSPS) is 15.1. The molecule has 1 aliphatic rings. The van der Waals surface area contributed by atoms with E-state index in [4.69, 9.17) is 11.6 Å². The Balaban J connectivity index is 2.21. The predicted octanol–water partition coefficient (Wildman–Crippen LogP) is 3.18. The minimum absolute atomic E-state index is 0.0899. The van der Waals surface area contributed by atoms with Crippen molar-refractivity contribution in [3.05, 3.63) is 32.4 Å². The Labute approximate surface area is 108 Å². The van der Waals surface area contributed by atoms with E-state index in [9.17, 15) is 4.79 Å². The summed E-state index contributed by atoms with van der Waals surface area (Å²) in [5, 5.41) is 0.696. The topological polar surface area (TPSA) is 20.3 Å². The highest BCUT2D eigenvalue weighted by atomic mass is 127. The van der Waals surface area contributed by atoms with Crippen LogP contribution in [-0.4, -0.2) is 23.9 Å². The summed E-state index contributed by atoms with van der Waals surface area (Å²) < 4.78 is 0.921. The van der Waals surface area contributed by atoms with Crippen LogP contribution in [0.25, 0.3) is 0 Å². The van der Waals surface area contributed by atoms with Crippen molar-refractivity contribution >= 4 is 40.1 Å². The van der Waals surface area contributed by atoms with E-state index in [-0.39, 0.29) is 5.91 Å². The van der Waals surface area contributed by atoms with Crippen LogP contribution in [0.5, 0.6) is 0 Å². The molecule has 15 heavy (non-hydrogen) atoms. The fraction of sp³-hybridized carbons (Fsp3) is 0.364. The molecule has 2 nitrogen and oxygen atoms in total. The molecule has 0 aliphatic heterocycles. The lowest BCUT2D eigenvalue weighted by atomic mass is 10.2. The first-order valence-corrected chi connectivity index (χ1v) is 6.27. The van der Waals surface area contributed by atoms with Gasteiger partial charge in [-0.15, -0.1) is 0 Å². The van der Waals surface area contributed by atoms with Crippen LogP contribution in [0, 0.1) is 3.57 Å². The van der Waals surface area contributed by atoms with Crippen molar-refractivity contribution in [3.8, 4) is 0 Å². The second kappa shape index (κ2) is 4.29. The maximum Gasteiger partial charge on any atom is 0.253 e. The summed E-state index contributed by atoms with van der Waals surface area (Å²) in [4.78, 5) is 13.8. The van der Waals surface area contributed by atoms with Gasteiger partial charge < -0.3 is 4.90 Å². The lowest BCUT2D eigenvalue weighted by Crippen LogP contribution is -2.28. The third kappa shape index (κ3) is 2.45. The van der Waals surface area contributed by atoms with Crippen molar-refractivity contribution in [2.24, 2.45) is 0 Å². The Morgan fingerprint density at radius 1 is 1.53 bits per heavy atom. The van der Waals surface area contributed by atoms with Gasteiger partial charge in [-0.2, -0.15) is 0 Å². The van der Waals surface area contributed by atoms with Crippen LogP contribution in [0.1, 0.15) is 23.2 Å². The fourth-order valence-electron chi connectivity index (χ4n) is 1.46. The van der Waals surface area contributed by atoms with Gasteiger partial charge >= 0.3 is 0 Å². The molecule has 1 saturated carbocycles. The van der Waals surface area contributed by atoms with Gasteiger partial charge in [0.2, 0.25) is 0 Å². The summed E-state index contributed by atoms with van der Waals surface area (Å²) >= 11 is 8.04. The number of benzene rings is 1. The Morgan fingerprint density at radius 2 is 2.20 bits per heavy atom. The molecule has 0 unspecified atom stereocenters. The van der Waals surface area contributed by atoms with Crippen molar-refractivity contribution < 1.29 is 4.79 Å². The van der Waals surface area contributed by atoms with Crippen molar-refractivity contribution in [2.45, 2.75) is 18.9 Å². The van der Waals surface area contributed by atoms with Gasteiger partial charge in [0.1, 0.15) is 0 Å². The third-order valence-corrected chi connectivity index (χ3v) is 4.12. The molecule has 1 aromatic carbocycles. The van der Waals surface area contributed by atoms with Crippen LogP contribution in [-0.2, 0) is 0 Å². The molecule has 1 fully saturated rings. The van der Waals surface area contributed by atoms with Crippen LogP contribution in [0.15, 0.2) is 18.2 Å². The highest BCUT2D eigenvalue weighted by molar-refractivity contribution is 14.1. The van der Waals surface area contributed by atoms with E-state index in [0.717, 1.165) is 22.0 Å². The average Bonchev–Trinajstić information content (AvgIpc) is 3.03. The monoisotopic (exact) mass is 335 g/mol. The van der Waals surface area contributed by atoms with E-state index in [2.05, 4.69) is 22.6 Å². The number of nitrogens with zero attached hydrogens (tertiary/aromatic N) is 1. The Bertz CT molecular complexity index is 404. The van der Waals surface area contributed by atoms with E-state index in [1.54, 1.807) is 12.1 Å². The number of halogens is 2. The summed E-state index contributed by atoms with van der Waals surface area (Å²) in [5.74, 6) is 0.0899. The fourth-order valence-corrected chi connectivity index (χ4v) is 2.09. The lowest BCUT2D eigenvalue weighted by Gasteiger charge is -2.16. The van der Waals surface area contributed by atoms with Gasteiger partial charge in [0.05, 0.1) is 5.02 Å². The van der Waals surface area contributed by atoms with Crippen molar-refractivity contribution in [2.75, 3.05) is 7.05 Å². The molecule has 0 radical (unpaired) electrons. The Hall–Kier alpha value is -0.290. The molecule has 0 aromatic heterocycles. The SMILES string of the molecule is CN(C(=O)c1ccc(Cl)c(I)c1)C1CC1. The number of amides is 1. The molecule has 2 rings (SSSR count). The highest BCUT2D eigenvalue weighted by Gasteiger charge is 2.30. The minimum Gasteiger partial charge on any atom is -0.339 e. The van der Waals surface area contributed by atoms with Crippen molar-refractivity contribution in [3.63, 3.8) is 0 Å². The maximum atomic E-state index is 12.0. The molecule has 0 spiro atoms. The van der Waals surface area contributed by atoms with E-state index >= 15 is 0 Å². The Kier molecular flexibility index (Phi) is 3.21. The van der Waals surface area contributed by atoms with E-state index in [1.807, 2.05) is 18.0 Å². The molecular formula is C11H11ClINO. The molecule has 0 N–H and O–H groups in total. The van der Waals surface area contributed by atoms with Gasteiger partial charge in [0, 0.05) is 22.2 Å². The quantitative estimate of drug-likeness (QED) is 0.760. The first-order valence-electron chi connectivity index (χ1n) is 4.82. The Morgan fingerprint density at radius 3 is 2.73 bits per heavy atom. The van der Waals surface area contributed by atoms with Gasteiger partial charge in [-0.25, -0.2) is 0 Å². The average molecular weight is 336 g/mol. The molecular weight excluding hydrogens is 324 g/mol. The summed E-state index contributed by atoms with van der Waals surface area (Å²) in [7, 11) is 1.86. The first kappa shape index (κ1) is 11.2. The second-order valence-corrected chi connectivity index (χ2v) is 5.35. The summed E-state index contributed by atoms with van der Waals surface area (Å²) in [6, 6.07) is 5.85. The number of rotatable bonds is 2. The van der Waals surface area contributed by atoms with Crippen LogP contribution >= 0.6 is 34.2 Å². The number of hydrogen-bond acceptors (Lipinski definition) is 1. The molecule has 0 atom stereocenters.